The molecule has 0 amide bonds. The Bertz CT molecular complexity index is 570. The molecular formula is C14H19ClN4O. The van der Waals surface area contributed by atoms with E-state index in [2.05, 4.69) is 10.5 Å². The summed E-state index contributed by atoms with van der Waals surface area (Å²) in [6.07, 6.45) is 1.63. The number of hydrazine groups is 1. The van der Waals surface area contributed by atoms with Crippen LogP contribution in [0.25, 0.3) is 0 Å². The molecule has 0 saturated heterocycles. The average Bonchev–Trinajstić information content (AvgIpc) is 2.81. The molecule has 1 aromatic carbocycles. The number of nitrogens with two attached hydrogens (primary N) is 1. The summed E-state index contributed by atoms with van der Waals surface area (Å²) in [7, 11) is 1.66. The van der Waals surface area contributed by atoms with Crippen LogP contribution in [-0.2, 0) is 11.3 Å². The highest BCUT2D eigenvalue weighted by atomic mass is 35.5. The Labute approximate surface area is 123 Å². The number of rotatable bonds is 6. The summed E-state index contributed by atoms with van der Waals surface area (Å²) in [6, 6.07) is 7.85. The molecule has 2 rings (SSSR count). The van der Waals surface area contributed by atoms with Crippen molar-refractivity contribution in [3.63, 3.8) is 0 Å². The van der Waals surface area contributed by atoms with Crippen molar-refractivity contribution >= 4 is 11.6 Å². The molecule has 2 aromatic rings. The number of methoxy groups -OCH3 is 1. The third-order valence-corrected chi connectivity index (χ3v) is 3.57. The number of aromatic nitrogens is 2. The molecule has 5 nitrogen and oxygen atoms in total. The van der Waals surface area contributed by atoms with Crippen LogP contribution in [0.15, 0.2) is 30.5 Å². The van der Waals surface area contributed by atoms with E-state index >= 15 is 0 Å². The summed E-state index contributed by atoms with van der Waals surface area (Å²) in [5.41, 5.74) is 5.90. The molecule has 0 radical (unpaired) electrons. The van der Waals surface area contributed by atoms with Crippen LogP contribution in [-0.4, -0.2) is 23.5 Å². The van der Waals surface area contributed by atoms with Crippen LogP contribution >= 0.6 is 11.6 Å². The van der Waals surface area contributed by atoms with Gasteiger partial charge in [-0.3, -0.25) is 10.5 Å². The Balaban J connectivity index is 2.42. The highest BCUT2D eigenvalue weighted by Gasteiger charge is 2.22. The van der Waals surface area contributed by atoms with Crippen LogP contribution in [0.3, 0.4) is 0 Å². The minimum Gasteiger partial charge on any atom is -0.383 e. The summed E-state index contributed by atoms with van der Waals surface area (Å²) in [5.74, 6) is 5.75. The van der Waals surface area contributed by atoms with Gasteiger partial charge in [-0.25, -0.2) is 5.43 Å². The third-order valence-electron chi connectivity index (χ3n) is 3.28. The molecule has 1 aromatic heterocycles. The van der Waals surface area contributed by atoms with Gasteiger partial charge in [0.1, 0.15) is 0 Å². The van der Waals surface area contributed by atoms with Gasteiger partial charge >= 0.3 is 0 Å². The number of hydrogen-bond donors (Lipinski definition) is 2. The zero-order chi connectivity index (χ0) is 14.5. The fraction of sp³-hybridized carbons (Fsp3) is 0.357. The molecular weight excluding hydrogens is 276 g/mol. The molecule has 1 unspecified atom stereocenters. The quantitative estimate of drug-likeness (QED) is 0.632. The summed E-state index contributed by atoms with van der Waals surface area (Å²) < 4.78 is 6.92. The van der Waals surface area contributed by atoms with Gasteiger partial charge in [0.25, 0.3) is 0 Å². The lowest BCUT2D eigenvalue weighted by molar-refractivity contribution is 0.182. The summed E-state index contributed by atoms with van der Waals surface area (Å²) in [5, 5.41) is 4.88. The standard InChI is InChI=1S/C14H19ClN4O/c1-10-5-3-4-6-11(10)13(18-16)14-12(15)9-17-19(14)7-8-20-2/h3-6,9,13,18H,7-8,16H2,1-2H3. The zero-order valence-electron chi connectivity index (χ0n) is 11.6. The minimum atomic E-state index is -0.206. The molecule has 0 fully saturated rings. The second kappa shape index (κ2) is 6.85. The van der Waals surface area contributed by atoms with Crippen LogP contribution in [0.4, 0.5) is 0 Å². The van der Waals surface area contributed by atoms with Crippen LogP contribution in [0.2, 0.25) is 5.02 Å². The van der Waals surface area contributed by atoms with Gasteiger partial charge < -0.3 is 4.74 Å². The van der Waals surface area contributed by atoms with Crippen molar-refractivity contribution in [1.29, 1.82) is 0 Å². The molecule has 0 saturated carbocycles. The Morgan fingerprint density at radius 1 is 1.45 bits per heavy atom. The van der Waals surface area contributed by atoms with Gasteiger partial charge in [-0.1, -0.05) is 35.9 Å². The Morgan fingerprint density at radius 3 is 2.85 bits per heavy atom. The van der Waals surface area contributed by atoms with Gasteiger partial charge in [-0.05, 0) is 18.1 Å². The molecule has 20 heavy (non-hydrogen) atoms. The molecule has 108 valence electrons. The van der Waals surface area contributed by atoms with Crippen molar-refractivity contribution in [2.24, 2.45) is 5.84 Å². The number of aryl methyl sites for hydroxylation is 1. The van der Waals surface area contributed by atoms with E-state index in [0.717, 1.165) is 16.8 Å². The van der Waals surface area contributed by atoms with Crippen molar-refractivity contribution in [2.75, 3.05) is 13.7 Å². The topological polar surface area (TPSA) is 65.1 Å². The second-order valence-corrected chi connectivity index (χ2v) is 4.96. The maximum Gasteiger partial charge on any atom is 0.0896 e. The Morgan fingerprint density at radius 2 is 2.20 bits per heavy atom. The van der Waals surface area contributed by atoms with E-state index in [1.54, 1.807) is 13.3 Å². The van der Waals surface area contributed by atoms with Crippen molar-refractivity contribution in [3.8, 4) is 0 Å². The number of nitrogens with one attached hydrogen (secondary N) is 1. The SMILES string of the molecule is COCCn1ncc(Cl)c1C(NN)c1ccccc1C. The van der Waals surface area contributed by atoms with E-state index in [9.17, 15) is 0 Å². The first-order valence-corrected chi connectivity index (χ1v) is 6.78. The molecule has 0 aliphatic heterocycles. The van der Waals surface area contributed by atoms with Crippen molar-refractivity contribution in [3.05, 3.63) is 52.3 Å². The summed E-state index contributed by atoms with van der Waals surface area (Å²) >= 11 is 6.28. The summed E-state index contributed by atoms with van der Waals surface area (Å²) in [6.45, 7) is 3.24. The Hall–Kier alpha value is -1.40. The molecule has 0 bridgehead atoms. The predicted molar refractivity (Wildman–Crippen MR) is 79.5 cm³/mol. The lowest BCUT2D eigenvalue weighted by Crippen LogP contribution is -2.31. The monoisotopic (exact) mass is 294 g/mol. The molecule has 1 atom stereocenters. The predicted octanol–water partition coefficient (Wildman–Crippen LogP) is 2.04. The molecule has 0 aliphatic rings. The maximum atomic E-state index is 6.28. The number of hydrogen-bond acceptors (Lipinski definition) is 4. The highest BCUT2D eigenvalue weighted by Crippen LogP contribution is 2.29. The van der Waals surface area contributed by atoms with E-state index in [1.807, 2.05) is 35.9 Å². The lowest BCUT2D eigenvalue weighted by atomic mass is 9.99. The van der Waals surface area contributed by atoms with Crippen LogP contribution in [0, 0.1) is 6.92 Å². The fourth-order valence-corrected chi connectivity index (χ4v) is 2.49. The third kappa shape index (κ3) is 3.02. The minimum absolute atomic E-state index is 0.206. The average molecular weight is 295 g/mol. The van der Waals surface area contributed by atoms with Gasteiger partial charge in [-0.15, -0.1) is 0 Å². The fourth-order valence-electron chi connectivity index (χ4n) is 2.24. The maximum absolute atomic E-state index is 6.28. The smallest absolute Gasteiger partial charge is 0.0896 e. The van der Waals surface area contributed by atoms with Crippen molar-refractivity contribution < 1.29 is 4.74 Å². The molecule has 1 heterocycles. The van der Waals surface area contributed by atoms with Crippen molar-refractivity contribution in [1.82, 2.24) is 15.2 Å². The van der Waals surface area contributed by atoms with Gasteiger partial charge in [0.15, 0.2) is 0 Å². The zero-order valence-corrected chi connectivity index (χ0v) is 12.4. The first-order valence-electron chi connectivity index (χ1n) is 6.40. The van der Waals surface area contributed by atoms with Crippen LogP contribution in [0.1, 0.15) is 22.9 Å². The Kier molecular flexibility index (Phi) is 5.14. The number of benzene rings is 1. The van der Waals surface area contributed by atoms with Crippen molar-refractivity contribution in [2.45, 2.75) is 19.5 Å². The van der Waals surface area contributed by atoms with E-state index in [1.165, 1.54) is 0 Å². The first kappa shape index (κ1) is 15.0. The van der Waals surface area contributed by atoms with Crippen LogP contribution < -0.4 is 11.3 Å². The highest BCUT2D eigenvalue weighted by molar-refractivity contribution is 6.31. The second-order valence-electron chi connectivity index (χ2n) is 4.55. The normalized spacial score (nSPS) is 12.6. The molecule has 0 spiro atoms. The lowest BCUT2D eigenvalue weighted by Gasteiger charge is -2.20. The number of nitrogens with zero attached hydrogens (tertiary/aromatic N) is 2. The largest absolute Gasteiger partial charge is 0.383 e. The van der Waals surface area contributed by atoms with Crippen LogP contribution in [0.5, 0.6) is 0 Å². The molecule has 6 heteroatoms. The van der Waals surface area contributed by atoms with Gasteiger partial charge in [0, 0.05) is 7.11 Å². The molecule has 3 N–H and O–H groups in total. The van der Waals surface area contributed by atoms with E-state index < -0.39 is 0 Å². The van der Waals surface area contributed by atoms with Gasteiger partial charge in [0.05, 0.1) is 36.1 Å². The number of halogens is 1. The summed E-state index contributed by atoms with van der Waals surface area (Å²) in [4.78, 5) is 0. The molecule has 0 aliphatic carbocycles. The van der Waals surface area contributed by atoms with E-state index in [-0.39, 0.29) is 6.04 Å². The van der Waals surface area contributed by atoms with E-state index in [4.69, 9.17) is 22.2 Å². The first-order chi connectivity index (χ1) is 9.69. The van der Waals surface area contributed by atoms with E-state index in [0.29, 0.717) is 18.2 Å². The van der Waals surface area contributed by atoms with Gasteiger partial charge in [0.2, 0.25) is 0 Å². The number of ether oxygens (including phenoxy) is 1. The van der Waals surface area contributed by atoms with Gasteiger partial charge in [-0.2, -0.15) is 5.10 Å².